The molecule has 5 heteroatoms. The van der Waals surface area contributed by atoms with E-state index in [2.05, 4.69) is 11.6 Å². The largest absolute Gasteiger partial charge is 0.345 e. The molecule has 1 aliphatic carbocycles. The summed E-state index contributed by atoms with van der Waals surface area (Å²) in [6.07, 6.45) is 6.82. The molecule has 1 N–H and O–H groups in total. The van der Waals surface area contributed by atoms with E-state index in [4.69, 9.17) is 0 Å². The molecule has 1 aliphatic heterocycles. The van der Waals surface area contributed by atoms with Crippen molar-refractivity contribution in [3.8, 4) is 0 Å². The Morgan fingerprint density at radius 3 is 2.71 bits per heavy atom. The van der Waals surface area contributed by atoms with Gasteiger partial charge in [0.05, 0.1) is 6.54 Å². The van der Waals surface area contributed by atoms with E-state index in [1.807, 2.05) is 4.90 Å². The average molecular weight is 256 g/mol. The molecule has 2 amide bonds. The minimum atomic E-state index is -0.506. The van der Waals surface area contributed by atoms with Gasteiger partial charge in [0, 0.05) is 6.54 Å². The highest BCUT2D eigenvalue weighted by atomic mass is 32.2. The Morgan fingerprint density at radius 1 is 1.35 bits per heavy atom. The quantitative estimate of drug-likeness (QED) is 0.764. The van der Waals surface area contributed by atoms with Gasteiger partial charge in [0.2, 0.25) is 11.8 Å². The Kier molecular flexibility index (Phi) is 3.97. The maximum atomic E-state index is 12.1. The van der Waals surface area contributed by atoms with E-state index in [0.717, 1.165) is 44.4 Å². The first kappa shape index (κ1) is 12.7. The maximum absolute atomic E-state index is 12.1. The molecule has 2 aliphatic rings. The fourth-order valence-electron chi connectivity index (χ4n) is 2.94. The number of piperazine rings is 1. The topological polar surface area (TPSA) is 49.4 Å². The molecule has 0 aromatic carbocycles. The summed E-state index contributed by atoms with van der Waals surface area (Å²) in [4.78, 5) is 26.0. The van der Waals surface area contributed by atoms with E-state index in [0.29, 0.717) is 0 Å². The Hall–Kier alpha value is -0.710. The van der Waals surface area contributed by atoms with Gasteiger partial charge in [-0.15, -0.1) is 0 Å². The lowest BCUT2D eigenvalue weighted by atomic mass is 9.91. The van der Waals surface area contributed by atoms with Crippen LogP contribution in [0, 0.1) is 0 Å². The molecular formula is C12H20N2O2S. The van der Waals surface area contributed by atoms with Crippen molar-refractivity contribution in [1.29, 1.82) is 0 Å². The number of nitrogens with one attached hydrogen (secondary N) is 1. The third-order valence-corrected chi connectivity index (χ3v) is 4.50. The Bertz CT molecular complexity index is 314. The number of carbonyl (C=O) groups excluding carboxylic acids is 2. The molecule has 1 spiro atoms. The van der Waals surface area contributed by atoms with Crippen molar-refractivity contribution in [2.24, 2.45) is 0 Å². The summed E-state index contributed by atoms with van der Waals surface area (Å²) < 4.78 is 0. The summed E-state index contributed by atoms with van der Waals surface area (Å²) in [7, 11) is 0. The number of thioether (sulfide) groups is 1. The molecule has 0 aromatic rings. The third-order valence-electron chi connectivity index (χ3n) is 3.80. The van der Waals surface area contributed by atoms with Gasteiger partial charge in [0.15, 0.2) is 0 Å². The van der Waals surface area contributed by atoms with Crippen LogP contribution in [0.4, 0.5) is 0 Å². The van der Waals surface area contributed by atoms with Gasteiger partial charge >= 0.3 is 0 Å². The Balaban J connectivity index is 2.11. The van der Waals surface area contributed by atoms with Gasteiger partial charge in [-0.3, -0.25) is 9.59 Å². The van der Waals surface area contributed by atoms with Crippen molar-refractivity contribution in [3.05, 3.63) is 0 Å². The molecule has 1 saturated carbocycles. The van der Waals surface area contributed by atoms with Crippen molar-refractivity contribution in [1.82, 2.24) is 10.2 Å². The SMILES string of the molecule is CSCCCN1C(=O)CNC(=O)C12CCCC2. The zero-order valence-corrected chi connectivity index (χ0v) is 11.1. The van der Waals surface area contributed by atoms with E-state index in [9.17, 15) is 9.59 Å². The third kappa shape index (κ3) is 2.30. The molecule has 0 bridgehead atoms. The van der Waals surface area contributed by atoms with Gasteiger partial charge in [-0.05, 0) is 31.3 Å². The minimum absolute atomic E-state index is 0.0683. The standard InChI is InChI=1S/C12H20N2O2S/c1-17-8-4-7-14-10(15)9-13-11(16)12(14)5-2-3-6-12/h2-9H2,1H3,(H,13,16). The lowest BCUT2D eigenvalue weighted by Crippen LogP contribution is -2.66. The number of carbonyl (C=O) groups is 2. The van der Waals surface area contributed by atoms with Crippen LogP contribution in [0.5, 0.6) is 0 Å². The molecule has 2 rings (SSSR count). The predicted molar refractivity (Wildman–Crippen MR) is 68.9 cm³/mol. The van der Waals surface area contributed by atoms with Crippen molar-refractivity contribution in [3.63, 3.8) is 0 Å². The first-order chi connectivity index (χ1) is 8.20. The smallest absolute Gasteiger partial charge is 0.246 e. The molecule has 1 heterocycles. The Labute approximate surface area is 106 Å². The van der Waals surface area contributed by atoms with Crippen LogP contribution >= 0.6 is 11.8 Å². The van der Waals surface area contributed by atoms with Gasteiger partial charge < -0.3 is 10.2 Å². The van der Waals surface area contributed by atoms with Crippen LogP contribution in [0.2, 0.25) is 0 Å². The monoisotopic (exact) mass is 256 g/mol. The molecule has 96 valence electrons. The van der Waals surface area contributed by atoms with Crippen LogP contribution in [-0.4, -0.2) is 47.4 Å². The normalized spacial score (nSPS) is 23.2. The summed E-state index contributed by atoms with van der Waals surface area (Å²) in [5, 5.41) is 2.75. The van der Waals surface area contributed by atoms with E-state index < -0.39 is 5.54 Å². The highest BCUT2D eigenvalue weighted by Crippen LogP contribution is 2.37. The first-order valence-electron chi connectivity index (χ1n) is 6.28. The summed E-state index contributed by atoms with van der Waals surface area (Å²) in [5.41, 5.74) is -0.506. The number of hydrogen-bond acceptors (Lipinski definition) is 3. The predicted octanol–water partition coefficient (Wildman–Crippen LogP) is 1.01. The number of amides is 2. The first-order valence-corrected chi connectivity index (χ1v) is 7.68. The van der Waals surface area contributed by atoms with Gasteiger partial charge in [-0.1, -0.05) is 12.8 Å². The van der Waals surface area contributed by atoms with Crippen LogP contribution in [0.1, 0.15) is 32.1 Å². The summed E-state index contributed by atoms with van der Waals surface area (Å²) in [5.74, 6) is 1.20. The number of nitrogens with zero attached hydrogens (tertiary/aromatic N) is 1. The van der Waals surface area contributed by atoms with Crippen molar-refractivity contribution in [2.45, 2.75) is 37.6 Å². The summed E-state index contributed by atoms with van der Waals surface area (Å²) >= 11 is 1.78. The van der Waals surface area contributed by atoms with Gasteiger partial charge in [0.25, 0.3) is 0 Å². The maximum Gasteiger partial charge on any atom is 0.246 e. The summed E-state index contributed by atoms with van der Waals surface area (Å²) in [6.45, 7) is 0.910. The van der Waals surface area contributed by atoms with Crippen molar-refractivity contribution in [2.75, 3.05) is 25.1 Å². The van der Waals surface area contributed by atoms with Crippen LogP contribution in [-0.2, 0) is 9.59 Å². The van der Waals surface area contributed by atoms with E-state index in [-0.39, 0.29) is 18.4 Å². The molecule has 1 saturated heterocycles. The lowest BCUT2D eigenvalue weighted by molar-refractivity contribution is -0.153. The van der Waals surface area contributed by atoms with Crippen LogP contribution < -0.4 is 5.32 Å². The highest BCUT2D eigenvalue weighted by molar-refractivity contribution is 7.98. The zero-order valence-electron chi connectivity index (χ0n) is 10.3. The zero-order chi connectivity index (χ0) is 12.3. The van der Waals surface area contributed by atoms with Crippen molar-refractivity contribution >= 4 is 23.6 Å². The van der Waals surface area contributed by atoms with Crippen molar-refractivity contribution < 1.29 is 9.59 Å². The van der Waals surface area contributed by atoms with Crippen LogP contribution in [0.25, 0.3) is 0 Å². The highest BCUT2D eigenvalue weighted by Gasteiger charge is 2.50. The van der Waals surface area contributed by atoms with E-state index >= 15 is 0 Å². The van der Waals surface area contributed by atoms with E-state index in [1.54, 1.807) is 11.8 Å². The molecule has 17 heavy (non-hydrogen) atoms. The molecule has 0 unspecified atom stereocenters. The van der Waals surface area contributed by atoms with Gasteiger partial charge in [-0.25, -0.2) is 0 Å². The lowest BCUT2D eigenvalue weighted by Gasteiger charge is -2.43. The van der Waals surface area contributed by atoms with E-state index in [1.165, 1.54) is 0 Å². The second-order valence-electron chi connectivity index (χ2n) is 4.81. The minimum Gasteiger partial charge on any atom is -0.345 e. The molecule has 4 nitrogen and oxygen atoms in total. The second kappa shape index (κ2) is 5.29. The molecule has 2 fully saturated rings. The fourth-order valence-corrected chi connectivity index (χ4v) is 3.36. The molecular weight excluding hydrogens is 236 g/mol. The molecule has 0 aromatic heterocycles. The average Bonchev–Trinajstić information content (AvgIpc) is 2.79. The Morgan fingerprint density at radius 2 is 2.06 bits per heavy atom. The molecule has 0 radical (unpaired) electrons. The molecule has 0 atom stereocenters. The van der Waals surface area contributed by atoms with Crippen LogP contribution in [0.3, 0.4) is 0 Å². The fraction of sp³-hybridized carbons (Fsp3) is 0.833. The summed E-state index contributed by atoms with van der Waals surface area (Å²) in [6, 6.07) is 0. The number of rotatable bonds is 4. The second-order valence-corrected chi connectivity index (χ2v) is 5.80. The van der Waals surface area contributed by atoms with Gasteiger partial charge in [0.1, 0.15) is 5.54 Å². The van der Waals surface area contributed by atoms with Gasteiger partial charge in [-0.2, -0.15) is 11.8 Å². The number of hydrogen-bond donors (Lipinski definition) is 1. The van der Waals surface area contributed by atoms with Crippen LogP contribution in [0.15, 0.2) is 0 Å².